The highest BCUT2D eigenvalue weighted by atomic mass is 19.1. The molecule has 1 amide bonds. The van der Waals surface area contributed by atoms with Crippen molar-refractivity contribution in [2.45, 2.75) is 19.9 Å². The topological polar surface area (TPSA) is 107 Å². The predicted octanol–water partition coefficient (Wildman–Crippen LogP) is 4.17. The zero-order chi connectivity index (χ0) is 25.9. The lowest BCUT2D eigenvalue weighted by Crippen LogP contribution is -2.32. The SMILES string of the molecule is Cc1nc2nc(N(Cc3ccc(C#N)cc3)C(=O)c3ccccc3F)[nH]n2c(=O)c1Cc1ccccc1. The van der Waals surface area contributed by atoms with Crippen LogP contribution in [0.15, 0.2) is 83.7 Å². The number of aromatic amines is 1. The standard InChI is InChI=1S/C28H21FN6O2/c1-18-23(15-19-7-3-2-4-8-19)26(37)35-27(31-18)32-28(33-35)34(17-21-13-11-20(16-30)12-14-21)25(36)22-9-5-6-10-24(22)29/h2-14H,15,17H2,1H3,(H,31,32,33). The number of carbonyl (C=O) groups excluding carboxylic acids is 1. The number of benzene rings is 3. The molecule has 37 heavy (non-hydrogen) atoms. The van der Waals surface area contributed by atoms with Gasteiger partial charge in [-0.2, -0.15) is 14.8 Å². The number of nitriles is 1. The molecule has 0 radical (unpaired) electrons. The fraction of sp³-hybridized carbons (Fsp3) is 0.107. The average molecular weight is 493 g/mol. The summed E-state index contributed by atoms with van der Waals surface area (Å²) in [5.41, 5.74) is 2.67. The first-order valence-corrected chi connectivity index (χ1v) is 11.5. The largest absolute Gasteiger partial charge is 0.277 e. The Morgan fingerprint density at radius 1 is 1.00 bits per heavy atom. The molecule has 0 aliphatic carbocycles. The molecule has 0 unspecified atom stereocenters. The van der Waals surface area contributed by atoms with Crippen LogP contribution in [0.5, 0.6) is 0 Å². The van der Waals surface area contributed by atoms with Crippen LogP contribution in [0.25, 0.3) is 5.78 Å². The second-order valence-electron chi connectivity index (χ2n) is 8.51. The number of amides is 1. The smallest absolute Gasteiger partial charge is 0.272 e. The van der Waals surface area contributed by atoms with E-state index in [1.807, 2.05) is 30.3 Å². The summed E-state index contributed by atoms with van der Waals surface area (Å²) in [6.45, 7) is 1.76. The van der Waals surface area contributed by atoms with Gasteiger partial charge in [-0.1, -0.05) is 54.6 Å². The molecule has 0 aliphatic heterocycles. The number of anilines is 1. The third-order valence-electron chi connectivity index (χ3n) is 6.04. The molecule has 0 bridgehead atoms. The van der Waals surface area contributed by atoms with E-state index < -0.39 is 11.7 Å². The third kappa shape index (κ3) is 4.73. The minimum atomic E-state index is -0.676. The first-order valence-electron chi connectivity index (χ1n) is 11.5. The predicted molar refractivity (Wildman–Crippen MR) is 136 cm³/mol. The Kier molecular flexibility index (Phi) is 6.31. The fourth-order valence-electron chi connectivity index (χ4n) is 4.06. The molecule has 0 spiro atoms. The van der Waals surface area contributed by atoms with Crippen molar-refractivity contribution < 1.29 is 9.18 Å². The van der Waals surface area contributed by atoms with Crippen molar-refractivity contribution in [1.82, 2.24) is 19.6 Å². The second kappa shape index (κ2) is 9.87. The summed E-state index contributed by atoms with van der Waals surface area (Å²) in [5, 5.41) is 12.0. The first kappa shape index (κ1) is 23.6. The van der Waals surface area contributed by atoms with E-state index in [0.29, 0.717) is 28.8 Å². The van der Waals surface area contributed by atoms with Gasteiger partial charge >= 0.3 is 0 Å². The van der Waals surface area contributed by atoms with Gasteiger partial charge in [-0.25, -0.2) is 9.37 Å². The highest BCUT2D eigenvalue weighted by molar-refractivity contribution is 6.05. The molecule has 1 N–H and O–H groups in total. The van der Waals surface area contributed by atoms with Crippen molar-refractivity contribution in [3.05, 3.63) is 129 Å². The molecule has 2 aromatic heterocycles. The molecule has 8 nitrogen and oxygen atoms in total. The zero-order valence-corrected chi connectivity index (χ0v) is 19.9. The van der Waals surface area contributed by atoms with Crippen LogP contribution >= 0.6 is 0 Å². The van der Waals surface area contributed by atoms with E-state index in [1.54, 1.807) is 37.3 Å². The van der Waals surface area contributed by atoms with Crippen LogP contribution < -0.4 is 10.5 Å². The second-order valence-corrected chi connectivity index (χ2v) is 8.51. The number of hydrogen-bond donors (Lipinski definition) is 1. The number of hydrogen-bond acceptors (Lipinski definition) is 5. The van der Waals surface area contributed by atoms with Crippen LogP contribution in [0.3, 0.4) is 0 Å². The minimum absolute atomic E-state index is 0.0172. The molecular weight excluding hydrogens is 471 g/mol. The van der Waals surface area contributed by atoms with Crippen molar-refractivity contribution in [2.24, 2.45) is 0 Å². The highest BCUT2D eigenvalue weighted by Crippen LogP contribution is 2.20. The summed E-state index contributed by atoms with van der Waals surface area (Å²) >= 11 is 0. The summed E-state index contributed by atoms with van der Waals surface area (Å²) in [5.74, 6) is -1.18. The highest BCUT2D eigenvalue weighted by Gasteiger charge is 2.25. The van der Waals surface area contributed by atoms with E-state index in [9.17, 15) is 14.0 Å². The number of carbonyl (C=O) groups is 1. The molecule has 5 rings (SSSR count). The monoisotopic (exact) mass is 492 g/mol. The third-order valence-corrected chi connectivity index (χ3v) is 6.04. The number of nitrogens with zero attached hydrogens (tertiary/aromatic N) is 5. The molecule has 0 fully saturated rings. The Morgan fingerprint density at radius 2 is 1.70 bits per heavy atom. The molecular formula is C28H21FN6O2. The van der Waals surface area contributed by atoms with Gasteiger partial charge < -0.3 is 0 Å². The van der Waals surface area contributed by atoms with Crippen LogP contribution in [-0.4, -0.2) is 25.5 Å². The maximum absolute atomic E-state index is 14.6. The van der Waals surface area contributed by atoms with Gasteiger partial charge in [-0.15, -0.1) is 0 Å². The van der Waals surface area contributed by atoms with Gasteiger partial charge in [0.15, 0.2) is 0 Å². The molecule has 0 saturated carbocycles. The number of fused-ring (bicyclic) bond motifs is 1. The molecule has 182 valence electrons. The van der Waals surface area contributed by atoms with Crippen molar-refractivity contribution >= 4 is 17.6 Å². The molecule has 3 aromatic carbocycles. The van der Waals surface area contributed by atoms with Crippen molar-refractivity contribution in [2.75, 3.05) is 4.90 Å². The Balaban J connectivity index is 1.59. The lowest BCUT2D eigenvalue weighted by molar-refractivity contribution is 0.0979. The Bertz CT molecular complexity index is 1700. The van der Waals surface area contributed by atoms with E-state index in [1.165, 1.54) is 27.6 Å². The van der Waals surface area contributed by atoms with Crippen LogP contribution in [0.2, 0.25) is 0 Å². The van der Waals surface area contributed by atoms with Crippen LogP contribution in [0, 0.1) is 24.1 Å². The molecule has 9 heteroatoms. The molecule has 0 aliphatic rings. The Hall–Kier alpha value is -5.10. The average Bonchev–Trinajstić information content (AvgIpc) is 3.34. The minimum Gasteiger partial charge on any atom is -0.272 e. The number of halogens is 1. The normalized spacial score (nSPS) is 10.8. The fourth-order valence-corrected chi connectivity index (χ4v) is 4.06. The zero-order valence-electron chi connectivity index (χ0n) is 19.9. The maximum atomic E-state index is 14.6. The summed E-state index contributed by atoms with van der Waals surface area (Å²) in [4.78, 5) is 37.0. The van der Waals surface area contributed by atoms with Gasteiger partial charge in [0, 0.05) is 12.0 Å². The summed E-state index contributed by atoms with van der Waals surface area (Å²) in [6, 6.07) is 23.9. The maximum Gasteiger partial charge on any atom is 0.277 e. The lowest BCUT2D eigenvalue weighted by Gasteiger charge is -2.20. The van der Waals surface area contributed by atoms with Gasteiger partial charge in [0.2, 0.25) is 5.95 Å². The lowest BCUT2D eigenvalue weighted by atomic mass is 10.1. The van der Waals surface area contributed by atoms with Gasteiger partial charge in [0.05, 0.1) is 29.4 Å². The van der Waals surface area contributed by atoms with Crippen molar-refractivity contribution in [1.29, 1.82) is 5.26 Å². The number of nitrogens with one attached hydrogen (secondary N) is 1. The summed E-state index contributed by atoms with van der Waals surface area (Å²) < 4.78 is 15.7. The van der Waals surface area contributed by atoms with E-state index in [0.717, 1.165) is 5.56 Å². The summed E-state index contributed by atoms with van der Waals surface area (Å²) in [7, 11) is 0. The van der Waals surface area contributed by atoms with Crippen LogP contribution in [0.4, 0.5) is 10.3 Å². The molecule has 0 saturated heterocycles. The van der Waals surface area contributed by atoms with Crippen LogP contribution in [-0.2, 0) is 13.0 Å². The molecule has 2 heterocycles. The summed E-state index contributed by atoms with van der Waals surface area (Å²) in [6.07, 6.45) is 0.388. The van der Waals surface area contributed by atoms with Gasteiger partial charge in [-0.05, 0) is 42.3 Å². The number of rotatable bonds is 6. The van der Waals surface area contributed by atoms with Gasteiger partial charge in [0.1, 0.15) is 5.82 Å². The van der Waals surface area contributed by atoms with Crippen LogP contribution in [0.1, 0.15) is 38.3 Å². The van der Waals surface area contributed by atoms with Gasteiger partial charge in [0.25, 0.3) is 17.2 Å². The number of H-pyrrole nitrogens is 1. The molecule has 0 atom stereocenters. The Morgan fingerprint density at radius 3 is 2.41 bits per heavy atom. The van der Waals surface area contributed by atoms with Gasteiger partial charge in [-0.3, -0.25) is 19.6 Å². The Labute approximate surface area is 211 Å². The first-order chi connectivity index (χ1) is 17.9. The van der Waals surface area contributed by atoms with Crippen molar-refractivity contribution in [3.63, 3.8) is 0 Å². The van der Waals surface area contributed by atoms with E-state index in [2.05, 4.69) is 21.1 Å². The van der Waals surface area contributed by atoms with E-state index >= 15 is 0 Å². The quantitative estimate of drug-likeness (QED) is 0.383. The van der Waals surface area contributed by atoms with E-state index in [-0.39, 0.29) is 29.4 Å². The van der Waals surface area contributed by atoms with Crippen molar-refractivity contribution in [3.8, 4) is 6.07 Å². The number of aromatic nitrogens is 4. The number of aryl methyl sites for hydroxylation is 1. The molecule has 5 aromatic rings. The van der Waals surface area contributed by atoms with E-state index in [4.69, 9.17) is 5.26 Å².